The number of rotatable bonds is 1. The molecule has 0 aromatic carbocycles. The molecule has 4 heteroatoms. The Kier molecular flexibility index (Phi) is 2.49. The van der Waals surface area contributed by atoms with Crippen LogP contribution in [0, 0.1) is 5.92 Å². The fraction of sp³-hybridized carbons (Fsp3) is 0.900. The van der Waals surface area contributed by atoms with E-state index in [0.717, 1.165) is 19.3 Å². The van der Waals surface area contributed by atoms with Gasteiger partial charge in [-0.05, 0) is 0 Å². The highest BCUT2D eigenvalue weighted by Gasteiger charge is 2.52. The van der Waals surface area contributed by atoms with Gasteiger partial charge in [0.1, 0.15) is 12.0 Å². The number of ether oxygens (including phenoxy) is 1. The molecule has 4 nitrogen and oxygen atoms in total. The van der Waals surface area contributed by atoms with Crippen LogP contribution in [0.1, 0.15) is 19.3 Å². The summed E-state index contributed by atoms with van der Waals surface area (Å²) in [4.78, 5) is 12.9. The number of hydrogen-bond acceptors (Lipinski definition) is 3. The average molecular weight is 200 g/mol. The van der Waals surface area contributed by atoms with Crippen LogP contribution in [0.5, 0.6) is 0 Å². The third kappa shape index (κ3) is 1.33. The minimum atomic E-state index is -0.497. The Morgan fingerprint density at radius 1 is 1.50 bits per heavy atom. The Morgan fingerprint density at radius 3 is 2.86 bits per heavy atom. The Bertz CT molecular complexity index is 244. The predicted molar refractivity (Wildman–Crippen MR) is 49.8 cm³/mol. The second-order valence-electron chi connectivity index (χ2n) is 4.48. The third-order valence-corrected chi connectivity index (χ3v) is 3.90. The number of fused-ring (bicyclic) bond motifs is 2. The second-order valence-corrected chi connectivity index (χ2v) is 4.48. The van der Waals surface area contributed by atoms with E-state index in [9.17, 15) is 9.90 Å². The maximum absolute atomic E-state index is 11.5. The molecule has 0 spiro atoms. The van der Waals surface area contributed by atoms with Gasteiger partial charge in [0, 0.05) is 19.3 Å². The first-order chi connectivity index (χ1) is 6.65. The summed E-state index contributed by atoms with van der Waals surface area (Å²) < 4.78 is 4.75. The summed E-state index contributed by atoms with van der Waals surface area (Å²) in [5.74, 6) is -0.555. The molecule has 2 fully saturated rings. The van der Waals surface area contributed by atoms with Crippen LogP contribution in [0.3, 0.4) is 0 Å². The molecule has 3 unspecified atom stereocenters. The van der Waals surface area contributed by atoms with Crippen molar-refractivity contribution in [3.05, 3.63) is 0 Å². The molecule has 80 valence electrons. The molecular weight excluding hydrogens is 182 g/mol. The van der Waals surface area contributed by atoms with Crippen molar-refractivity contribution in [1.29, 1.82) is 0 Å². The number of carbonyl (C=O) groups is 1. The molecule has 2 bridgehead atoms. The number of methoxy groups -OCH3 is 1. The van der Waals surface area contributed by atoms with Crippen molar-refractivity contribution in [2.45, 2.75) is 37.5 Å². The van der Waals surface area contributed by atoms with Gasteiger partial charge in [-0.1, -0.05) is 0 Å². The monoisotopic (exact) mass is 200 g/mol. The normalized spacial score (nSPS) is 46.4. The number of carbonyl (C=O) groups excluding carboxylic acids is 1. The summed E-state index contributed by atoms with van der Waals surface area (Å²) in [6.45, 7) is 0. The van der Waals surface area contributed by atoms with Crippen LogP contribution >= 0.6 is 0 Å². The molecule has 2 aliphatic heterocycles. The van der Waals surface area contributed by atoms with Crippen molar-refractivity contribution in [2.24, 2.45) is 5.92 Å². The molecule has 5 atom stereocenters. The summed E-state index contributed by atoms with van der Waals surface area (Å²) in [5, 5.41) is 9.85. The van der Waals surface area contributed by atoms with Crippen molar-refractivity contribution in [2.75, 3.05) is 14.2 Å². The van der Waals surface area contributed by atoms with Gasteiger partial charge >= 0.3 is 5.97 Å². The van der Waals surface area contributed by atoms with Gasteiger partial charge in [-0.15, -0.1) is 0 Å². The molecule has 14 heavy (non-hydrogen) atoms. The van der Waals surface area contributed by atoms with Gasteiger partial charge in [0.15, 0.2) is 0 Å². The number of quaternary nitrogens is 1. The highest BCUT2D eigenvalue weighted by atomic mass is 16.5. The fourth-order valence-corrected chi connectivity index (χ4v) is 3.07. The number of nitrogens with one attached hydrogen (secondary N) is 1. The molecule has 0 radical (unpaired) electrons. The minimum Gasteiger partial charge on any atom is -0.469 e. The standard InChI is InChI=1S/C10H17NO3/c1-11-6-3-4-7(11)9(8(12)5-6)10(13)14-2/h6-9,12H,3-5H2,1-2H3/p+1/t6?,7?,8-,9+/m0/s1. The summed E-state index contributed by atoms with van der Waals surface area (Å²) in [7, 11) is 3.51. The zero-order valence-corrected chi connectivity index (χ0v) is 8.69. The lowest BCUT2D eigenvalue weighted by atomic mass is 9.88. The van der Waals surface area contributed by atoms with E-state index in [0.29, 0.717) is 6.04 Å². The number of esters is 1. The molecule has 0 aromatic heterocycles. The number of hydrogen-bond donors (Lipinski definition) is 2. The molecule has 2 aliphatic rings. The lowest BCUT2D eigenvalue weighted by Gasteiger charge is -2.36. The molecule has 0 saturated carbocycles. The average Bonchev–Trinajstić information content (AvgIpc) is 2.42. The van der Waals surface area contributed by atoms with Gasteiger partial charge in [0.2, 0.25) is 0 Å². The third-order valence-electron chi connectivity index (χ3n) is 3.90. The molecule has 0 amide bonds. The zero-order chi connectivity index (χ0) is 10.3. The van der Waals surface area contributed by atoms with E-state index in [1.54, 1.807) is 0 Å². The second kappa shape index (κ2) is 3.51. The predicted octanol–water partition coefficient (Wildman–Crippen LogP) is -1.41. The van der Waals surface area contributed by atoms with Crippen molar-refractivity contribution < 1.29 is 19.5 Å². The molecular formula is C10H18NO3+. The van der Waals surface area contributed by atoms with Crippen molar-refractivity contribution >= 4 is 5.97 Å². The molecule has 2 saturated heterocycles. The lowest BCUT2D eigenvalue weighted by Crippen LogP contribution is -3.16. The molecule has 2 heterocycles. The first-order valence-corrected chi connectivity index (χ1v) is 5.24. The van der Waals surface area contributed by atoms with Crippen LogP contribution in [-0.4, -0.2) is 43.4 Å². The number of aliphatic hydroxyl groups is 1. The highest BCUT2D eigenvalue weighted by Crippen LogP contribution is 2.28. The first kappa shape index (κ1) is 9.93. The van der Waals surface area contributed by atoms with Crippen LogP contribution in [0.25, 0.3) is 0 Å². The Balaban J connectivity index is 2.18. The van der Waals surface area contributed by atoms with Gasteiger partial charge in [0.05, 0.1) is 26.3 Å². The summed E-state index contributed by atoms with van der Waals surface area (Å²) in [5.41, 5.74) is 0. The van der Waals surface area contributed by atoms with E-state index in [4.69, 9.17) is 4.74 Å². The maximum atomic E-state index is 11.5. The molecule has 0 aromatic rings. The van der Waals surface area contributed by atoms with Gasteiger partial charge in [-0.3, -0.25) is 4.79 Å². The van der Waals surface area contributed by atoms with E-state index in [1.807, 2.05) is 0 Å². The van der Waals surface area contributed by atoms with E-state index in [2.05, 4.69) is 7.05 Å². The quantitative estimate of drug-likeness (QED) is 0.511. The van der Waals surface area contributed by atoms with E-state index in [1.165, 1.54) is 12.0 Å². The van der Waals surface area contributed by atoms with Crippen LogP contribution in [0.15, 0.2) is 0 Å². The van der Waals surface area contributed by atoms with Crippen molar-refractivity contribution in [3.63, 3.8) is 0 Å². The van der Waals surface area contributed by atoms with Gasteiger partial charge in [-0.25, -0.2) is 0 Å². The van der Waals surface area contributed by atoms with E-state index < -0.39 is 6.10 Å². The topological polar surface area (TPSA) is 51.0 Å². The van der Waals surface area contributed by atoms with Gasteiger partial charge in [-0.2, -0.15) is 0 Å². The summed E-state index contributed by atoms with van der Waals surface area (Å²) >= 11 is 0. The van der Waals surface area contributed by atoms with E-state index in [-0.39, 0.29) is 17.9 Å². The lowest BCUT2D eigenvalue weighted by molar-refractivity contribution is -0.926. The van der Waals surface area contributed by atoms with Crippen LogP contribution in [0.4, 0.5) is 0 Å². The smallest absolute Gasteiger partial charge is 0.317 e. The van der Waals surface area contributed by atoms with Crippen LogP contribution in [0.2, 0.25) is 0 Å². The Labute approximate surface area is 83.8 Å². The summed E-state index contributed by atoms with van der Waals surface area (Å²) in [6, 6.07) is 0.798. The van der Waals surface area contributed by atoms with Gasteiger partial charge < -0.3 is 14.7 Å². The van der Waals surface area contributed by atoms with E-state index >= 15 is 0 Å². The van der Waals surface area contributed by atoms with Crippen LogP contribution in [-0.2, 0) is 9.53 Å². The van der Waals surface area contributed by atoms with Crippen molar-refractivity contribution in [1.82, 2.24) is 0 Å². The minimum absolute atomic E-state index is 0.248. The maximum Gasteiger partial charge on any atom is 0.317 e. The zero-order valence-electron chi connectivity index (χ0n) is 8.69. The van der Waals surface area contributed by atoms with Gasteiger partial charge in [0.25, 0.3) is 0 Å². The largest absolute Gasteiger partial charge is 0.469 e. The van der Waals surface area contributed by atoms with Crippen LogP contribution < -0.4 is 4.90 Å². The highest BCUT2D eigenvalue weighted by molar-refractivity contribution is 5.73. The SMILES string of the molecule is COC(=O)[C@@H]1C2CCC(C[C@@H]1O)[NH+]2C. The Hall–Kier alpha value is -0.610. The summed E-state index contributed by atoms with van der Waals surface area (Å²) in [6.07, 6.45) is 2.40. The first-order valence-electron chi connectivity index (χ1n) is 5.24. The molecule has 0 aliphatic carbocycles. The number of aliphatic hydroxyl groups excluding tert-OH is 1. The molecule has 2 N–H and O–H groups in total. The molecule has 2 rings (SSSR count). The Morgan fingerprint density at radius 2 is 2.21 bits per heavy atom. The van der Waals surface area contributed by atoms with Crippen molar-refractivity contribution in [3.8, 4) is 0 Å². The fourth-order valence-electron chi connectivity index (χ4n) is 3.07. The number of piperidine rings is 1.